The Morgan fingerprint density at radius 3 is 1.78 bits per heavy atom. The van der Waals surface area contributed by atoms with Crippen molar-refractivity contribution < 1.29 is 40.3 Å². The first-order valence-electron chi connectivity index (χ1n) is 6.95. The third-order valence-corrected chi connectivity index (χ3v) is 3.46. The first-order chi connectivity index (χ1) is 10.2. The Bertz CT molecular complexity index is 379. The lowest BCUT2D eigenvalue weighted by Crippen LogP contribution is -2.55. The Kier molecular flexibility index (Phi) is 7.32. The largest absolute Gasteiger partial charge is 0.462 e. The van der Waals surface area contributed by atoms with E-state index in [-0.39, 0.29) is 12.8 Å². The molecular weight excluding hydrogens is 335 g/mol. The molecule has 0 amide bonds. The molecule has 3 nitrogen and oxygen atoms in total. The summed E-state index contributed by atoms with van der Waals surface area (Å²) in [6.07, 6.45) is -16.5. The van der Waals surface area contributed by atoms with Gasteiger partial charge in [-0.05, 0) is 13.3 Å². The van der Waals surface area contributed by atoms with Crippen LogP contribution >= 0.6 is 0 Å². The molecule has 2 N–H and O–H groups in total. The predicted molar refractivity (Wildman–Crippen MR) is 68.2 cm³/mol. The number of rotatable bonds is 7. The van der Waals surface area contributed by atoms with Crippen molar-refractivity contribution in [3.8, 4) is 0 Å². The number of esters is 1. The van der Waals surface area contributed by atoms with E-state index >= 15 is 0 Å². The van der Waals surface area contributed by atoms with E-state index < -0.39 is 48.5 Å². The van der Waals surface area contributed by atoms with Crippen molar-refractivity contribution in [3.05, 3.63) is 0 Å². The van der Waals surface area contributed by atoms with Gasteiger partial charge in [-0.2, -0.15) is 26.3 Å². The standard InChI is InChI=1S/C13H20F7NO2/c1-4-5-9(23-10(22)7(2)8(3)21)6-11(14,12(15,16)17)13(18,19)20/h7-9H,4-6,21H2,1-3H3/t7?,8-,9?/m1/s1. The lowest BCUT2D eigenvalue weighted by atomic mass is 9.94. The molecule has 0 radical (unpaired) electrons. The van der Waals surface area contributed by atoms with Crippen LogP contribution in [0.3, 0.4) is 0 Å². The van der Waals surface area contributed by atoms with E-state index in [1.165, 1.54) is 20.8 Å². The molecule has 0 saturated heterocycles. The number of ether oxygens (including phenoxy) is 1. The van der Waals surface area contributed by atoms with Crippen molar-refractivity contribution in [2.24, 2.45) is 11.7 Å². The molecule has 0 aromatic heterocycles. The van der Waals surface area contributed by atoms with Crippen LogP contribution in [0.15, 0.2) is 0 Å². The highest BCUT2D eigenvalue weighted by Gasteiger charge is 2.72. The quantitative estimate of drug-likeness (QED) is 0.557. The minimum absolute atomic E-state index is 0.107. The van der Waals surface area contributed by atoms with Crippen LogP contribution in [0.1, 0.15) is 40.0 Å². The number of carbonyl (C=O) groups is 1. The predicted octanol–water partition coefficient (Wildman–Crippen LogP) is 3.90. The summed E-state index contributed by atoms with van der Waals surface area (Å²) in [7, 11) is 0. The van der Waals surface area contributed by atoms with Gasteiger partial charge in [0, 0.05) is 12.5 Å². The molecule has 0 aliphatic carbocycles. The number of nitrogens with two attached hydrogens (primary N) is 1. The Labute approximate surface area is 129 Å². The van der Waals surface area contributed by atoms with E-state index in [2.05, 4.69) is 4.74 Å². The highest BCUT2D eigenvalue weighted by molar-refractivity contribution is 5.73. The molecule has 0 heterocycles. The van der Waals surface area contributed by atoms with Gasteiger partial charge in [0.05, 0.1) is 5.92 Å². The van der Waals surface area contributed by atoms with Crippen LogP contribution in [0.4, 0.5) is 30.7 Å². The summed E-state index contributed by atoms with van der Waals surface area (Å²) in [6, 6.07) is -0.717. The van der Waals surface area contributed by atoms with Gasteiger partial charge in [0.1, 0.15) is 6.10 Å². The summed E-state index contributed by atoms with van der Waals surface area (Å²) >= 11 is 0. The van der Waals surface area contributed by atoms with Gasteiger partial charge in [-0.25, -0.2) is 4.39 Å². The number of halogens is 7. The maximum absolute atomic E-state index is 13.7. The molecule has 3 atom stereocenters. The second-order valence-electron chi connectivity index (χ2n) is 5.50. The smallest absolute Gasteiger partial charge is 0.431 e. The molecule has 0 aromatic carbocycles. The van der Waals surface area contributed by atoms with Crippen LogP contribution in [0.25, 0.3) is 0 Å². The van der Waals surface area contributed by atoms with Gasteiger partial charge in [-0.1, -0.05) is 20.3 Å². The summed E-state index contributed by atoms with van der Waals surface area (Å²) in [4.78, 5) is 11.7. The molecule has 138 valence electrons. The molecule has 0 rings (SSSR count). The van der Waals surface area contributed by atoms with E-state index in [0.29, 0.717) is 0 Å². The molecular formula is C13H20F7NO2. The normalized spacial score (nSPS) is 17.5. The van der Waals surface area contributed by atoms with Crippen LogP contribution in [-0.4, -0.2) is 36.1 Å². The Hall–Kier alpha value is -1.06. The summed E-state index contributed by atoms with van der Waals surface area (Å²) in [5.74, 6) is -2.01. The van der Waals surface area contributed by atoms with Crippen molar-refractivity contribution in [2.75, 3.05) is 0 Å². The second kappa shape index (κ2) is 7.67. The minimum atomic E-state index is -6.17. The van der Waals surface area contributed by atoms with Crippen LogP contribution in [-0.2, 0) is 9.53 Å². The van der Waals surface area contributed by atoms with Crippen LogP contribution in [0.5, 0.6) is 0 Å². The second-order valence-corrected chi connectivity index (χ2v) is 5.50. The SMILES string of the molecule is CCCC(CC(F)(C(F)(F)F)C(F)(F)F)OC(=O)C(C)[C@@H](C)N. The Morgan fingerprint density at radius 1 is 1.04 bits per heavy atom. The van der Waals surface area contributed by atoms with Gasteiger partial charge in [-0.15, -0.1) is 0 Å². The zero-order chi connectivity index (χ0) is 18.6. The van der Waals surface area contributed by atoms with Crippen molar-refractivity contribution in [1.82, 2.24) is 0 Å². The topological polar surface area (TPSA) is 52.3 Å². The van der Waals surface area contributed by atoms with Crippen molar-refractivity contribution in [3.63, 3.8) is 0 Å². The Balaban J connectivity index is 5.35. The monoisotopic (exact) mass is 355 g/mol. The minimum Gasteiger partial charge on any atom is -0.462 e. The van der Waals surface area contributed by atoms with Gasteiger partial charge in [0.25, 0.3) is 0 Å². The van der Waals surface area contributed by atoms with Crippen molar-refractivity contribution in [2.45, 2.75) is 70.2 Å². The zero-order valence-corrected chi connectivity index (χ0v) is 12.9. The zero-order valence-electron chi connectivity index (χ0n) is 12.9. The number of hydrogen-bond acceptors (Lipinski definition) is 3. The average Bonchev–Trinajstić information content (AvgIpc) is 2.34. The third kappa shape index (κ3) is 5.50. The van der Waals surface area contributed by atoms with Gasteiger partial charge in [-0.3, -0.25) is 4.79 Å². The number of carbonyl (C=O) groups excluding carboxylic acids is 1. The molecule has 0 fully saturated rings. The average molecular weight is 355 g/mol. The van der Waals surface area contributed by atoms with Crippen molar-refractivity contribution >= 4 is 5.97 Å². The molecule has 0 saturated carbocycles. The third-order valence-electron chi connectivity index (χ3n) is 3.46. The maximum atomic E-state index is 13.7. The summed E-state index contributed by atoms with van der Waals surface area (Å²) in [5, 5.41) is 0. The molecule has 0 aliphatic heterocycles. The van der Waals surface area contributed by atoms with Crippen LogP contribution in [0, 0.1) is 5.92 Å². The highest BCUT2D eigenvalue weighted by Crippen LogP contribution is 2.49. The fraction of sp³-hybridized carbons (Fsp3) is 0.923. The fourth-order valence-electron chi connectivity index (χ4n) is 1.72. The van der Waals surface area contributed by atoms with Crippen LogP contribution < -0.4 is 5.73 Å². The van der Waals surface area contributed by atoms with E-state index in [4.69, 9.17) is 5.73 Å². The molecule has 0 bridgehead atoms. The van der Waals surface area contributed by atoms with E-state index in [1.54, 1.807) is 0 Å². The van der Waals surface area contributed by atoms with E-state index in [9.17, 15) is 35.5 Å². The van der Waals surface area contributed by atoms with Gasteiger partial charge in [0.15, 0.2) is 0 Å². The molecule has 0 aromatic rings. The molecule has 0 spiro atoms. The van der Waals surface area contributed by atoms with E-state index in [1.807, 2.05) is 0 Å². The molecule has 0 aliphatic rings. The number of hydrogen-bond donors (Lipinski definition) is 1. The van der Waals surface area contributed by atoms with Gasteiger partial charge < -0.3 is 10.5 Å². The first-order valence-corrected chi connectivity index (χ1v) is 6.95. The highest BCUT2D eigenvalue weighted by atomic mass is 19.4. The molecule has 10 heteroatoms. The lowest BCUT2D eigenvalue weighted by Gasteiger charge is -2.33. The lowest BCUT2D eigenvalue weighted by molar-refractivity contribution is -0.347. The maximum Gasteiger partial charge on any atom is 0.431 e. The van der Waals surface area contributed by atoms with E-state index in [0.717, 1.165) is 0 Å². The summed E-state index contributed by atoms with van der Waals surface area (Å²) in [5.41, 5.74) is -0.0294. The van der Waals surface area contributed by atoms with Gasteiger partial charge >= 0.3 is 24.0 Å². The first kappa shape index (κ1) is 21.9. The summed E-state index contributed by atoms with van der Waals surface area (Å²) < 4.78 is 93.8. The summed E-state index contributed by atoms with van der Waals surface area (Å²) in [6.45, 7) is 4.19. The van der Waals surface area contributed by atoms with Gasteiger partial charge in [0.2, 0.25) is 0 Å². The number of alkyl halides is 7. The fourth-order valence-corrected chi connectivity index (χ4v) is 1.72. The Morgan fingerprint density at radius 2 is 1.48 bits per heavy atom. The molecule has 2 unspecified atom stereocenters. The van der Waals surface area contributed by atoms with Crippen LogP contribution in [0.2, 0.25) is 0 Å². The van der Waals surface area contributed by atoms with Crippen molar-refractivity contribution in [1.29, 1.82) is 0 Å². The molecule has 23 heavy (non-hydrogen) atoms.